The smallest absolute Gasteiger partial charge is 0.230 e. The van der Waals surface area contributed by atoms with Gasteiger partial charge in [-0.1, -0.05) is 0 Å². The molecule has 4 rings (SSSR count). The highest BCUT2D eigenvalue weighted by Gasteiger charge is 2.43. The third kappa shape index (κ3) is 2.81. The normalized spacial score (nSPS) is 17.9. The Balaban J connectivity index is 1.81. The molecule has 0 radical (unpaired) electrons. The van der Waals surface area contributed by atoms with Crippen LogP contribution in [-0.2, 0) is 4.79 Å². The van der Waals surface area contributed by atoms with Gasteiger partial charge in [0.25, 0.3) is 0 Å². The molecule has 1 fully saturated rings. The predicted molar refractivity (Wildman–Crippen MR) is 99.9 cm³/mol. The highest BCUT2D eigenvalue weighted by Crippen LogP contribution is 2.40. The van der Waals surface area contributed by atoms with Gasteiger partial charge < -0.3 is 11.1 Å². The number of aryl methyl sites for hydroxylation is 1. The van der Waals surface area contributed by atoms with Gasteiger partial charge in [-0.2, -0.15) is 5.26 Å². The third-order valence-corrected chi connectivity index (χ3v) is 4.96. The molecule has 8 heteroatoms. The lowest BCUT2D eigenvalue weighted by atomic mass is 9.97. The van der Waals surface area contributed by atoms with Crippen molar-refractivity contribution in [3.8, 4) is 17.2 Å². The number of nitriles is 1. The molecule has 140 valence electrons. The maximum Gasteiger partial charge on any atom is 0.230 e. The van der Waals surface area contributed by atoms with Gasteiger partial charge in [0.1, 0.15) is 11.6 Å². The molecule has 2 atom stereocenters. The molecule has 1 amide bonds. The summed E-state index contributed by atoms with van der Waals surface area (Å²) >= 11 is 0. The molecule has 3 N–H and O–H groups in total. The van der Waals surface area contributed by atoms with E-state index in [-0.39, 0.29) is 45.6 Å². The number of pyridine rings is 2. The number of aromatic nitrogens is 2. The highest BCUT2D eigenvalue weighted by molar-refractivity contribution is 6.01. The van der Waals surface area contributed by atoms with Gasteiger partial charge in [-0.3, -0.25) is 9.78 Å². The number of halogens is 2. The number of amides is 1. The number of nitrogen functional groups attached to an aromatic ring is 1. The van der Waals surface area contributed by atoms with Crippen LogP contribution in [-0.4, -0.2) is 15.9 Å². The molecule has 0 saturated heterocycles. The minimum absolute atomic E-state index is 0.0371. The predicted octanol–water partition coefficient (Wildman–Crippen LogP) is 3.56. The Bertz CT molecular complexity index is 1170. The molecule has 1 aliphatic carbocycles. The van der Waals surface area contributed by atoms with Crippen molar-refractivity contribution in [3.05, 3.63) is 47.9 Å². The average molecular weight is 379 g/mol. The Morgan fingerprint density at radius 1 is 1.32 bits per heavy atom. The molecule has 0 aliphatic heterocycles. The standard InChI is InChI=1S/C20H15F2N5O/c1-9-2-3-25-7-13(9)16-17(21)12-5-15(26-8-14(12)19(24)18(16)22)27-20(28)11-4-10(11)6-23/h2-3,5,7-8,10-11H,4,24H2,1H3,(H,26,27,28)/t10?,11-/m1/s1. The van der Waals surface area contributed by atoms with Crippen LogP contribution in [0.15, 0.2) is 30.7 Å². The fourth-order valence-electron chi connectivity index (χ4n) is 3.21. The molecule has 6 nitrogen and oxygen atoms in total. The molecule has 2 aromatic heterocycles. The fraction of sp³-hybridized carbons (Fsp3) is 0.200. The Morgan fingerprint density at radius 3 is 2.79 bits per heavy atom. The van der Waals surface area contributed by atoms with Gasteiger partial charge in [-0.05, 0) is 31.0 Å². The molecule has 1 aromatic carbocycles. The second-order valence-corrected chi connectivity index (χ2v) is 6.79. The number of nitrogens with two attached hydrogens (primary N) is 1. The van der Waals surface area contributed by atoms with Crippen molar-refractivity contribution in [1.82, 2.24) is 9.97 Å². The van der Waals surface area contributed by atoms with Crippen LogP contribution in [0.4, 0.5) is 20.3 Å². The molecule has 28 heavy (non-hydrogen) atoms. The number of carbonyl (C=O) groups excluding carboxylic acids is 1. The van der Waals surface area contributed by atoms with E-state index in [2.05, 4.69) is 15.3 Å². The van der Waals surface area contributed by atoms with Crippen molar-refractivity contribution in [2.45, 2.75) is 13.3 Å². The van der Waals surface area contributed by atoms with Gasteiger partial charge in [-0.25, -0.2) is 13.8 Å². The topological polar surface area (TPSA) is 105 Å². The van der Waals surface area contributed by atoms with Crippen LogP contribution < -0.4 is 11.1 Å². The molecular formula is C20H15F2N5O. The SMILES string of the molecule is Cc1ccncc1-c1c(F)c(N)c2cnc(NC(=O)[C@@H]3CC3C#N)cc2c1F. The van der Waals surface area contributed by atoms with Crippen molar-refractivity contribution in [1.29, 1.82) is 5.26 Å². The van der Waals surface area contributed by atoms with Gasteiger partial charge in [0, 0.05) is 34.9 Å². The Kier molecular flexibility index (Phi) is 4.15. The van der Waals surface area contributed by atoms with Crippen molar-refractivity contribution >= 4 is 28.2 Å². The molecular weight excluding hydrogens is 364 g/mol. The molecule has 0 spiro atoms. The zero-order chi connectivity index (χ0) is 20.0. The van der Waals surface area contributed by atoms with Gasteiger partial charge in [-0.15, -0.1) is 0 Å². The van der Waals surface area contributed by atoms with Crippen molar-refractivity contribution in [2.24, 2.45) is 11.8 Å². The first-order chi connectivity index (χ1) is 13.4. The van der Waals surface area contributed by atoms with Crippen LogP contribution in [0.5, 0.6) is 0 Å². The lowest BCUT2D eigenvalue weighted by Crippen LogP contribution is -2.15. The summed E-state index contributed by atoms with van der Waals surface area (Å²) in [4.78, 5) is 20.1. The summed E-state index contributed by atoms with van der Waals surface area (Å²) in [6.07, 6.45) is 4.62. The van der Waals surface area contributed by atoms with Gasteiger partial charge in [0.2, 0.25) is 5.91 Å². The minimum atomic E-state index is -0.880. The molecule has 1 aliphatic rings. The second-order valence-electron chi connectivity index (χ2n) is 6.79. The van der Waals surface area contributed by atoms with E-state index in [1.807, 2.05) is 6.07 Å². The number of anilines is 2. The number of nitrogens with zero attached hydrogens (tertiary/aromatic N) is 3. The van der Waals surface area contributed by atoms with E-state index in [4.69, 9.17) is 11.0 Å². The van der Waals surface area contributed by atoms with E-state index in [1.165, 1.54) is 24.7 Å². The van der Waals surface area contributed by atoms with E-state index >= 15 is 4.39 Å². The summed E-state index contributed by atoms with van der Waals surface area (Å²) in [5, 5.41) is 11.6. The van der Waals surface area contributed by atoms with Crippen LogP contribution in [0.1, 0.15) is 12.0 Å². The van der Waals surface area contributed by atoms with E-state index in [9.17, 15) is 9.18 Å². The zero-order valence-electron chi connectivity index (χ0n) is 14.8. The number of carbonyl (C=O) groups is 1. The van der Waals surface area contributed by atoms with Gasteiger partial charge >= 0.3 is 0 Å². The summed E-state index contributed by atoms with van der Waals surface area (Å²) in [6.45, 7) is 1.72. The number of hydrogen-bond acceptors (Lipinski definition) is 5. The van der Waals surface area contributed by atoms with Crippen molar-refractivity contribution in [3.63, 3.8) is 0 Å². The first kappa shape index (κ1) is 17.8. The van der Waals surface area contributed by atoms with Crippen LogP contribution in [0.3, 0.4) is 0 Å². The van der Waals surface area contributed by atoms with E-state index in [1.54, 1.807) is 13.0 Å². The number of hydrogen-bond donors (Lipinski definition) is 2. The van der Waals surface area contributed by atoms with Crippen molar-refractivity contribution in [2.75, 3.05) is 11.1 Å². The summed E-state index contributed by atoms with van der Waals surface area (Å²) in [5.74, 6) is -2.62. The number of rotatable bonds is 3. The van der Waals surface area contributed by atoms with E-state index in [0.29, 0.717) is 17.5 Å². The first-order valence-electron chi connectivity index (χ1n) is 8.60. The maximum absolute atomic E-state index is 15.3. The molecule has 1 unspecified atom stereocenters. The summed E-state index contributed by atoms with van der Waals surface area (Å²) in [5.41, 5.74) is 6.33. The minimum Gasteiger partial charge on any atom is -0.396 e. The summed E-state index contributed by atoms with van der Waals surface area (Å²) in [7, 11) is 0. The number of nitrogens with one attached hydrogen (secondary N) is 1. The summed E-state index contributed by atoms with van der Waals surface area (Å²) in [6, 6.07) is 5.00. The molecule has 0 bridgehead atoms. The Hall–Kier alpha value is -3.60. The lowest BCUT2D eigenvalue weighted by molar-refractivity contribution is -0.117. The number of benzene rings is 1. The quantitative estimate of drug-likeness (QED) is 0.677. The molecule has 3 aromatic rings. The Labute approximate surface area is 159 Å². The summed E-state index contributed by atoms with van der Waals surface area (Å²) < 4.78 is 30.1. The van der Waals surface area contributed by atoms with E-state index < -0.39 is 11.6 Å². The zero-order valence-corrected chi connectivity index (χ0v) is 14.8. The first-order valence-corrected chi connectivity index (χ1v) is 8.60. The fourth-order valence-corrected chi connectivity index (χ4v) is 3.21. The average Bonchev–Trinajstić information content (AvgIpc) is 3.48. The van der Waals surface area contributed by atoms with Crippen molar-refractivity contribution < 1.29 is 13.6 Å². The lowest BCUT2D eigenvalue weighted by Gasteiger charge is -2.14. The monoisotopic (exact) mass is 379 g/mol. The highest BCUT2D eigenvalue weighted by atomic mass is 19.1. The largest absolute Gasteiger partial charge is 0.396 e. The van der Waals surface area contributed by atoms with E-state index in [0.717, 1.165) is 0 Å². The van der Waals surface area contributed by atoms with Crippen LogP contribution in [0.25, 0.3) is 21.9 Å². The van der Waals surface area contributed by atoms with Crippen LogP contribution in [0, 0.1) is 41.7 Å². The third-order valence-electron chi connectivity index (χ3n) is 4.96. The van der Waals surface area contributed by atoms with Crippen LogP contribution in [0.2, 0.25) is 0 Å². The number of fused-ring (bicyclic) bond motifs is 1. The van der Waals surface area contributed by atoms with Gasteiger partial charge in [0.15, 0.2) is 5.82 Å². The van der Waals surface area contributed by atoms with Crippen LogP contribution >= 0.6 is 0 Å². The maximum atomic E-state index is 15.3. The Morgan fingerprint density at radius 2 is 2.11 bits per heavy atom. The van der Waals surface area contributed by atoms with Gasteiger partial charge in [0.05, 0.1) is 29.2 Å². The molecule has 1 saturated carbocycles. The molecule has 2 heterocycles. The second kappa shape index (κ2) is 6.53.